The fourth-order valence-corrected chi connectivity index (χ4v) is 3.65. The van der Waals surface area contributed by atoms with Crippen LogP contribution in [0.5, 0.6) is 11.5 Å². The van der Waals surface area contributed by atoms with Crippen LogP contribution < -0.4 is 19.7 Å². The van der Waals surface area contributed by atoms with Crippen LogP contribution in [0.2, 0.25) is 10.0 Å². The van der Waals surface area contributed by atoms with E-state index in [1.165, 1.54) is 19.3 Å². The number of nitrogens with one attached hydrogen (secondary N) is 1. The fourth-order valence-electron chi connectivity index (χ4n) is 3.25. The lowest BCUT2D eigenvalue weighted by atomic mass is 10.1. The third-order valence-corrected chi connectivity index (χ3v) is 5.39. The molecule has 168 valence electrons. The number of ether oxygens (including phenoxy) is 2. The molecule has 0 aromatic heterocycles. The van der Waals surface area contributed by atoms with E-state index in [2.05, 4.69) is 5.32 Å². The van der Waals surface area contributed by atoms with Crippen molar-refractivity contribution in [1.29, 1.82) is 0 Å². The summed E-state index contributed by atoms with van der Waals surface area (Å²) in [5.41, 5.74) is 1.31. The number of hydrogen-bond acceptors (Lipinski definition) is 4. The van der Waals surface area contributed by atoms with Crippen LogP contribution >= 0.6 is 23.2 Å². The molecule has 9 heteroatoms. The number of benzene rings is 3. The molecule has 0 radical (unpaired) electrons. The summed E-state index contributed by atoms with van der Waals surface area (Å²) in [5.74, 6) is -0.405. The number of carbonyl (C=O) groups is 2. The van der Waals surface area contributed by atoms with Crippen LogP contribution in [0.15, 0.2) is 66.4 Å². The van der Waals surface area contributed by atoms with Gasteiger partial charge < -0.3 is 14.8 Å². The normalized spacial score (nSPS) is 14.5. The van der Waals surface area contributed by atoms with Gasteiger partial charge in [0, 0.05) is 10.6 Å². The van der Waals surface area contributed by atoms with E-state index < -0.39 is 17.8 Å². The number of urea groups is 1. The molecule has 0 aliphatic carbocycles. The standard InChI is InChI=1S/C24H17Cl2FN2O4/c1-32-21-12-14(10-18(26)22(21)33-13-15-4-2-3-5-19(15)27)11-20-23(30)29(24(31)28-20)17-8-6-16(25)7-9-17/h2-12H,13H2,1H3,(H,28,31)/b20-11+. The Morgan fingerprint density at radius 2 is 1.79 bits per heavy atom. The Morgan fingerprint density at radius 3 is 2.48 bits per heavy atom. The number of hydrogen-bond donors (Lipinski definition) is 1. The molecular weight excluding hydrogens is 470 g/mol. The highest BCUT2D eigenvalue weighted by Gasteiger charge is 2.34. The summed E-state index contributed by atoms with van der Waals surface area (Å²) in [6.07, 6.45) is 1.48. The van der Waals surface area contributed by atoms with E-state index in [1.54, 1.807) is 54.6 Å². The molecule has 1 aliphatic heterocycles. The summed E-state index contributed by atoms with van der Waals surface area (Å²) in [5, 5.41) is 3.23. The van der Waals surface area contributed by atoms with Crippen molar-refractivity contribution in [1.82, 2.24) is 5.32 Å². The predicted molar refractivity (Wildman–Crippen MR) is 124 cm³/mol. The molecule has 1 N–H and O–H groups in total. The summed E-state index contributed by atoms with van der Waals surface area (Å²) >= 11 is 12.3. The Morgan fingerprint density at radius 1 is 1.06 bits per heavy atom. The van der Waals surface area contributed by atoms with Gasteiger partial charge in [0.2, 0.25) is 0 Å². The molecule has 0 bridgehead atoms. The molecule has 1 aliphatic rings. The Labute approximate surface area is 199 Å². The molecule has 1 heterocycles. The number of halogens is 3. The highest BCUT2D eigenvalue weighted by atomic mass is 35.5. The van der Waals surface area contributed by atoms with E-state index in [9.17, 15) is 14.0 Å². The largest absolute Gasteiger partial charge is 0.493 e. The van der Waals surface area contributed by atoms with E-state index in [1.807, 2.05) is 0 Å². The minimum atomic E-state index is -0.587. The van der Waals surface area contributed by atoms with Gasteiger partial charge in [0.15, 0.2) is 11.5 Å². The predicted octanol–water partition coefficient (Wildman–Crippen LogP) is 5.82. The molecule has 3 amide bonds. The first-order valence-corrected chi connectivity index (χ1v) is 10.5. The summed E-state index contributed by atoms with van der Waals surface area (Å²) in [6, 6.07) is 15.1. The second-order valence-electron chi connectivity index (χ2n) is 7.02. The number of imide groups is 1. The van der Waals surface area contributed by atoms with Gasteiger partial charge in [0.1, 0.15) is 18.1 Å². The van der Waals surface area contributed by atoms with Crippen LogP contribution in [0.25, 0.3) is 6.08 Å². The van der Waals surface area contributed by atoms with Crippen LogP contribution in [0, 0.1) is 5.82 Å². The maximum atomic E-state index is 13.9. The topological polar surface area (TPSA) is 67.9 Å². The molecule has 33 heavy (non-hydrogen) atoms. The van der Waals surface area contributed by atoms with Gasteiger partial charge in [-0.15, -0.1) is 0 Å². The molecular formula is C24H17Cl2FN2O4. The van der Waals surface area contributed by atoms with E-state index in [0.717, 1.165) is 4.90 Å². The van der Waals surface area contributed by atoms with E-state index in [-0.39, 0.29) is 28.8 Å². The minimum Gasteiger partial charge on any atom is -0.493 e. The monoisotopic (exact) mass is 486 g/mol. The molecule has 1 fully saturated rings. The smallest absolute Gasteiger partial charge is 0.333 e. The van der Waals surface area contributed by atoms with Gasteiger partial charge in [0.25, 0.3) is 5.91 Å². The van der Waals surface area contributed by atoms with Gasteiger partial charge in [0.05, 0.1) is 17.8 Å². The molecule has 0 atom stereocenters. The molecule has 4 rings (SSSR count). The van der Waals surface area contributed by atoms with Gasteiger partial charge in [-0.25, -0.2) is 14.1 Å². The average Bonchev–Trinajstić information content (AvgIpc) is 3.07. The van der Waals surface area contributed by atoms with Crippen LogP contribution in [0.1, 0.15) is 11.1 Å². The lowest BCUT2D eigenvalue weighted by molar-refractivity contribution is -0.113. The fraction of sp³-hybridized carbons (Fsp3) is 0.0833. The number of nitrogens with zero attached hydrogens (tertiary/aromatic N) is 1. The first kappa shape index (κ1) is 22.6. The van der Waals surface area contributed by atoms with Gasteiger partial charge in [-0.1, -0.05) is 41.4 Å². The number of methoxy groups -OCH3 is 1. The Balaban J connectivity index is 1.58. The number of rotatable bonds is 6. The van der Waals surface area contributed by atoms with E-state index >= 15 is 0 Å². The highest BCUT2D eigenvalue weighted by Crippen LogP contribution is 2.38. The van der Waals surface area contributed by atoms with Crippen LogP contribution in [0.3, 0.4) is 0 Å². The van der Waals surface area contributed by atoms with Crippen molar-refractivity contribution in [3.8, 4) is 11.5 Å². The molecule has 3 aromatic rings. The first-order valence-electron chi connectivity index (χ1n) is 9.74. The van der Waals surface area contributed by atoms with Gasteiger partial charge in [-0.2, -0.15) is 0 Å². The molecule has 0 saturated carbocycles. The van der Waals surface area contributed by atoms with E-state index in [4.69, 9.17) is 32.7 Å². The second-order valence-corrected chi connectivity index (χ2v) is 7.86. The third-order valence-electron chi connectivity index (χ3n) is 4.86. The zero-order chi connectivity index (χ0) is 23.5. The first-order chi connectivity index (χ1) is 15.9. The maximum Gasteiger partial charge on any atom is 0.333 e. The zero-order valence-corrected chi connectivity index (χ0v) is 18.8. The summed E-state index contributed by atoms with van der Waals surface area (Å²) in [7, 11) is 1.43. The number of anilines is 1. The molecule has 1 saturated heterocycles. The Kier molecular flexibility index (Phi) is 6.53. The quantitative estimate of drug-likeness (QED) is 0.352. The molecule has 3 aromatic carbocycles. The van der Waals surface area contributed by atoms with E-state index in [0.29, 0.717) is 21.8 Å². The van der Waals surface area contributed by atoms with Crippen LogP contribution in [-0.4, -0.2) is 19.0 Å². The maximum absolute atomic E-state index is 13.9. The van der Waals surface area contributed by atoms with Crippen molar-refractivity contribution in [2.24, 2.45) is 0 Å². The average molecular weight is 487 g/mol. The lowest BCUT2D eigenvalue weighted by Crippen LogP contribution is -2.30. The van der Waals surface area contributed by atoms with Gasteiger partial charge in [-0.05, 0) is 54.1 Å². The lowest BCUT2D eigenvalue weighted by Gasteiger charge is -2.14. The number of amides is 3. The van der Waals surface area contributed by atoms with Crippen molar-refractivity contribution in [3.05, 3.63) is 93.4 Å². The van der Waals surface area contributed by atoms with Gasteiger partial charge >= 0.3 is 6.03 Å². The van der Waals surface area contributed by atoms with Crippen LogP contribution in [-0.2, 0) is 11.4 Å². The molecule has 6 nitrogen and oxygen atoms in total. The summed E-state index contributed by atoms with van der Waals surface area (Å²) in [4.78, 5) is 26.2. The third kappa shape index (κ3) is 4.79. The van der Waals surface area contributed by atoms with Crippen molar-refractivity contribution in [3.63, 3.8) is 0 Å². The molecule has 0 spiro atoms. The van der Waals surface area contributed by atoms with Gasteiger partial charge in [-0.3, -0.25) is 4.79 Å². The van der Waals surface area contributed by atoms with Crippen molar-refractivity contribution < 1.29 is 23.5 Å². The minimum absolute atomic E-state index is 0.0478. The highest BCUT2D eigenvalue weighted by molar-refractivity contribution is 6.33. The Hall–Kier alpha value is -3.55. The zero-order valence-electron chi connectivity index (χ0n) is 17.3. The Bertz CT molecular complexity index is 1260. The summed E-state index contributed by atoms with van der Waals surface area (Å²) < 4.78 is 25.0. The van der Waals surface area contributed by atoms with Crippen molar-refractivity contribution >= 4 is 46.9 Å². The number of carbonyl (C=O) groups excluding carboxylic acids is 2. The second kappa shape index (κ2) is 9.52. The SMILES string of the molecule is COc1cc(/C=C2/NC(=O)N(c3ccc(Cl)cc3)C2=O)cc(Cl)c1OCc1ccccc1F. The van der Waals surface area contributed by atoms with Crippen molar-refractivity contribution in [2.45, 2.75) is 6.61 Å². The summed E-state index contributed by atoms with van der Waals surface area (Å²) in [6.45, 7) is -0.0478. The van der Waals surface area contributed by atoms with Crippen LogP contribution in [0.4, 0.5) is 14.9 Å². The molecule has 0 unspecified atom stereocenters. The van der Waals surface area contributed by atoms with Crippen molar-refractivity contribution in [2.75, 3.05) is 12.0 Å².